The third kappa shape index (κ3) is 6.50. The summed E-state index contributed by atoms with van der Waals surface area (Å²) in [4.78, 5) is 11.6. The van der Waals surface area contributed by atoms with Gasteiger partial charge in [-0.3, -0.25) is 4.79 Å². The molecule has 2 N–H and O–H groups in total. The number of rotatable bonds is 5. The average Bonchev–Trinajstić information content (AvgIpc) is 2.51. The van der Waals surface area contributed by atoms with Crippen LogP contribution in [0.5, 0.6) is 5.75 Å². The topological polar surface area (TPSA) is 50.4 Å². The normalized spacial score (nSPS) is 14.5. The number of benzene rings is 1. The molecule has 0 fully saturated rings. The summed E-state index contributed by atoms with van der Waals surface area (Å²) in [6.07, 6.45) is -1.46. The van der Waals surface area contributed by atoms with Gasteiger partial charge >= 0.3 is 6.18 Å². The van der Waals surface area contributed by atoms with Gasteiger partial charge in [-0.05, 0) is 37.2 Å². The molecule has 0 spiro atoms. The first-order chi connectivity index (χ1) is 10.4. The van der Waals surface area contributed by atoms with Crippen LogP contribution in [0.25, 0.3) is 0 Å². The van der Waals surface area contributed by atoms with E-state index < -0.39 is 11.7 Å². The van der Waals surface area contributed by atoms with Crippen LogP contribution >= 0.6 is 12.4 Å². The summed E-state index contributed by atoms with van der Waals surface area (Å²) < 4.78 is 42.4. The quantitative estimate of drug-likeness (QED) is 0.802. The highest BCUT2D eigenvalue weighted by molar-refractivity contribution is 5.85. The molecule has 1 aromatic carbocycles. The summed E-state index contributed by atoms with van der Waals surface area (Å²) in [6.45, 7) is 1.94. The van der Waals surface area contributed by atoms with E-state index in [0.29, 0.717) is 6.54 Å². The second kappa shape index (κ2) is 8.79. The van der Waals surface area contributed by atoms with Crippen molar-refractivity contribution in [2.75, 3.05) is 26.2 Å². The summed E-state index contributed by atoms with van der Waals surface area (Å²) in [5.74, 6) is -0.0800. The van der Waals surface area contributed by atoms with E-state index in [0.717, 1.165) is 37.2 Å². The maximum atomic E-state index is 12.4. The van der Waals surface area contributed by atoms with E-state index in [9.17, 15) is 18.0 Å². The monoisotopic (exact) mass is 350 g/mol. The third-order valence-electron chi connectivity index (χ3n) is 3.22. The molecule has 0 aliphatic carbocycles. The zero-order chi connectivity index (χ0) is 16.0. The molecule has 1 heterocycles. The van der Waals surface area contributed by atoms with E-state index in [-0.39, 0.29) is 30.7 Å². The number of alkyl halides is 3. The first-order valence-corrected chi connectivity index (χ1v) is 6.90. The molecule has 128 valence electrons. The van der Waals surface area contributed by atoms with Crippen molar-refractivity contribution >= 4 is 18.3 Å². The van der Waals surface area contributed by atoms with Gasteiger partial charge in [0.1, 0.15) is 5.75 Å². The van der Waals surface area contributed by atoms with E-state index in [2.05, 4.69) is 10.6 Å². The molecule has 0 bridgehead atoms. The van der Waals surface area contributed by atoms with Crippen molar-refractivity contribution in [3.8, 4) is 5.75 Å². The maximum absolute atomic E-state index is 12.4. The maximum Gasteiger partial charge on any atom is 0.416 e. The largest absolute Gasteiger partial charge is 0.484 e. The molecule has 0 saturated heterocycles. The van der Waals surface area contributed by atoms with Crippen LogP contribution in [-0.4, -0.2) is 32.1 Å². The van der Waals surface area contributed by atoms with Gasteiger partial charge in [0.2, 0.25) is 0 Å². The Balaban J connectivity index is 0.00000264. The van der Waals surface area contributed by atoms with Crippen molar-refractivity contribution in [3.05, 3.63) is 41.5 Å². The van der Waals surface area contributed by atoms with Crippen molar-refractivity contribution in [1.29, 1.82) is 0 Å². The first-order valence-electron chi connectivity index (χ1n) is 6.90. The summed E-state index contributed by atoms with van der Waals surface area (Å²) in [5.41, 5.74) is 0.406. The Bertz CT molecular complexity index is 545. The van der Waals surface area contributed by atoms with Gasteiger partial charge in [-0.15, -0.1) is 12.4 Å². The highest BCUT2D eigenvalue weighted by Crippen LogP contribution is 2.30. The van der Waals surface area contributed by atoms with Crippen LogP contribution in [0.3, 0.4) is 0 Å². The number of carbonyl (C=O) groups is 1. The Labute approximate surface area is 138 Å². The highest BCUT2D eigenvalue weighted by atomic mass is 35.5. The number of hydrogen-bond acceptors (Lipinski definition) is 3. The second-order valence-corrected chi connectivity index (χ2v) is 4.90. The minimum Gasteiger partial charge on any atom is -0.484 e. The van der Waals surface area contributed by atoms with Gasteiger partial charge in [-0.2, -0.15) is 13.2 Å². The average molecular weight is 351 g/mol. The molecule has 1 aliphatic rings. The van der Waals surface area contributed by atoms with Crippen LogP contribution < -0.4 is 15.4 Å². The number of nitrogens with one attached hydrogen (secondary N) is 2. The molecule has 2 rings (SSSR count). The molecule has 0 saturated carbocycles. The van der Waals surface area contributed by atoms with Gasteiger partial charge in [0, 0.05) is 13.1 Å². The fraction of sp³-hybridized carbons (Fsp3) is 0.400. The summed E-state index contributed by atoms with van der Waals surface area (Å²) >= 11 is 0. The van der Waals surface area contributed by atoms with Crippen molar-refractivity contribution in [3.63, 3.8) is 0 Å². The minimum absolute atomic E-state index is 0. The van der Waals surface area contributed by atoms with Crippen molar-refractivity contribution in [2.45, 2.75) is 12.6 Å². The number of halogens is 4. The van der Waals surface area contributed by atoms with Gasteiger partial charge in [0.25, 0.3) is 5.91 Å². The Hall–Kier alpha value is -1.73. The fourth-order valence-electron chi connectivity index (χ4n) is 1.98. The van der Waals surface area contributed by atoms with Crippen LogP contribution in [0.4, 0.5) is 13.2 Å². The number of amides is 1. The van der Waals surface area contributed by atoms with Gasteiger partial charge in [-0.25, -0.2) is 0 Å². The summed E-state index contributed by atoms with van der Waals surface area (Å²) in [5, 5.41) is 5.89. The van der Waals surface area contributed by atoms with E-state index in [1.807, 2.05) is 6.08 Å². The number of carbonyl (C=O) groups excluding carboxylic acids is 1. The lowest BCUT2D eigenvalue weighted by Gasteiger charge is -2.14. The number of ether oxygens (including phenoxy) is 1. The lowest BCUT2D eigenvalue weighted by Crippen LogP contribution is -2.32. The fourth-order valence-corrected chi connectivity index (χ4v) is 1.98. The Kier molecular flexibility index (Phi) is 7.38. The Morgan fingerprint density at radius 1 is 1.26 bits per heavy atom. The van der Waals surface area contributed by atoms with Crippen molar-refractivity contribution in [2.24, 2.45) is 0 Å². The van der Waals surface area contributed by atoms with E-state index in [1.54, 1.807) is 0 Å². The van der Waals surface area contributed by atoms with Crippen LogP contribution in [-0.2, 0) is 11.0 Å². The standard InChI is InChI=1S/C15H17F3N2O2.ClH/c16-15(17,18)12-1-3-13(4-2-12)22-10-14(21)20-9-11-5-7-19-8-6-11;/h1-5,19H,6-10H2,(H,20,21);1H. The second-order valence-electron chi connectivity index (χ2n) is 4.90. The van der Waals surface area contributed by atoms with E-state index in [1.165, 1.54) is 12.1 Å². The van der Waals surface area contributed by atoms with Crippen LogP contribution in [0.1, 0.15) is 12.0 Å². The lowest BCUT2D eigenvalue weighted by atomic mass is 10.1. The van der Waals surface area contributed by atoms with Gasteiger partial charge in [-0.1, -0.05) is 11.6 Å². The zero-order valence-electron chi connectivity index (χ0n) is 12.3. The van der Waals surface area contributed by atoms with E-state index >= 15 is 0 Å². The lowest BCUT2D eigenvalue weighted by molar-refractivity contribution is -0.137. The molecule has 0 atom stereocenters. The van der Waals surface area contributed by atoms with Crippen LogP contribution in [0.15, 0.2) is 35.9 Å². The van der Waals surface area contributed by atoms with Gasteiger partial charge < -0.3 is 15.4 Å². The predicted molar refractivity (Wildman–Crippen MR) is 82.8 cm³/mol. The van der Waals surface area contributed by atoms with Crippen LogP contribution in [0, 0.1) is 0 Å². The SMILES string of the molecule is Cl.O=C(COc1ccc(C(F)(F)F)cc1)NCC1=CCNCC1. The molecule has 0 unspecified atom stereocenters. The van der Waals surface area contributed by atoms with Gasteiger partial charge in [0.15, 0.2) is 6.61 Å². The third-order valence-corrected chi connectivity index (χ3v) is 3.22. The first kappa shape index (κ1) is 19.3. The van der Waals surface area contributed by atoms with Gasteiger partial charge in [0.05, 0.1) is 5.56 Å². The van der Waals surface area contributed by atoms with E-state index in [4.69, 9.17) is 4.74 Å². The molecule has 8 heteroatoms. The Morgan fingerprint density at radius 3 is 2.52 bits per heavy atom. The number of hydrogen-bond donors (Lipinski definition) is 2. The zero-order valence-corrected chi connectivity index (χ0v) is 13.1. The molecule has 23 heavy (non-hydrogen) atoms. The van der Waals surface area contributed by atoms with Crippen molar-refractivity contribution in [1.82, 2.24) is 10.6 Å². The molecule has 0 radical (unpaired) electrons. The minimum atomic E-state index is -4.38. The molecular formula is C15H18ClF3N2O2. The molecule has 0 aromatic heterocycles. The predicted octanol–water partition coefficient (Wildman–Crippen LogP) is 2.54. The summed E-state index contributed by atoms with van der Waals surface area (Å²) in [7, 11) is 0. The Morgan fingerprint density at radius 2 is 1.96 bits per heavy atom. The molecular weight excluding hydrogens is 333 g/mol. The molecule has 4 nitrogen and oxygen atoms in total. The summed E-state index contributed by atoms with van der Waals surface area (Å²) in [6, 6.07) is 4.25. The van der Waals surface area contributed by atoms with Crippen molar-refractivity contribution < 1.29 is 22.7 Å². The molecule has 1 aromatic rings. The highest BCUT2D eigenvalue weighted by Gasteiger charge is 2.30. The molecule has 1 aliphatic heterocycles. The van der Waals surface area contributed by atoms with Crippen LogP contribution in [0.2, 0.25) is 0 Å². The molecule has 1 amide bonds. The smallest absolute Gasteiger partial charge is 0.416 e.